The lowest BCUT2D eigenvalue weighted by molar-refractivity contribution is 0.0695. The number of aromatic nitrogens is 2. The van der Waals surface area contributed by atoms with Gasteiger partial charge in [0.1, 0.15) is 5.82 Å². The Morgan fingerprint density at radius 2 is 2.06 bits per heavy atom. The van der Waals surface area contributed by atoms with Gasteiger partial charge in [0, 0.05) is 42.8 Å². The van der Waals surface area contributed by atoms with Crippen LogP contribution in [0.25, 0.3) is 16.6 Å². The molecule has 1 aromatic heterocycles. The standard InChI is InChI=1S/C25H23ClFN3O5/c1-34-9-8-28-24(31)13-6-7-14(16(10-13)25(32)33)22-15(4-3-5-17(22)26)23-29-19-11-18(27)21(35-2)12-20(19)30-23/h3-7,10-12,17,22H,8-9H2,1-2H3,(H,28,31)(H,29,30)(H,32,33)/t17-,22?/m0/s1. The summed E-state index contributed by atoms with van der Waals surface area (Å²) >= 11 is 6.66. The van der Waals surface area contributed by atoms with Gasteiger partial charge in [0.05, 0.1) is 35.7 Å². The van der Waals surface area contributed by atoms with E-state index >= 15 is 0 Å². The first-order valence-corrected chi connectivity index (χ1v) is 11.2. The van der Waals surface area contributed by atoms with E-state index in [1.165, 1.54) is 32.4 Å². The summed E-state index contributed by atoms with van der Waals surface area (Å²) in [6, 6.07) is 7.25. The van der Waals surface area contributed by atoms with Crippen LogP contribution >= 0.6 is 11.6 Å². The minimum absolute atomic E-state index is 0.0509. The number of carbonyl (C=O) groups excluding carboxylic acids is 1. The molecule has 3 N–H and O–H groups in total. The van der Waals surface area contributed by atoms with E-state index < -0.39 is 29.0 Å². The number of amides is 1. The Balaban J connectivity index is 1.75. The van der Waals surface area contributed by atoms with Crippen molar-refractivity contribution in [1.29, 1.82) is 0 Å². The Labute approximate surface area is 205 Å². The Kier molecular flexibility index (Phi) is 7.18. The first-order valence-electron chi connectivity index (χ1n) is 10.7. The number of nitrogens with one attached hydrogen (secondary N) is 2. The summed E-state index contributed by atoms with van der Waals surface area (Å²) in [5.74, 6) is -2.25. The summed E-state index contributed by atoms with van der Waals surface area (Å²) in [5, 5.41) is 12.0. The van der Waals surface area contributed by atoms with Gasteiger partial charge in [0.2, 0.25) is 0 Å². The van der Waals surface area contributed by atoms with E-state index in [0.717, 1.165) is 0 Å². The molecule has 2 atom stereocenters. The van der Waals surface area contributed by atoms with E-state index in [1.54, 1.807) is 30.4 Å². The molecule has 0 radical (unpaired) electrons. The molecule has 0 fully saturated rings. The largest absolute Gasteiger partial charge is 0.494 e. The predicted octanol–water partition coefficient (Wildman–Crippen LogP) is 4.13. The van der Waals surface area contributed by atoms with E-state index in [2.05, 4.69) is 15.3 Å². The van der Waals surface area contributed by atoms with Crippen LogP contribution in [0.3, 0.4) is 0 Å². The van der Waals surface area contributed by atoms with Crippen molar-refractivity contribution in [1.82, 2.24) is 15.3 Å². The number of benzene rings is 2. The molecule has 1 heterocycles. The van der Waals surface area contributed by atoms with Gasteiger partial charge >= 0.3 is 5.97 Å². The number of methoxy groups -OCH3 is 2. The van der Waals surface area contributed by atoms with Crippen LogP contribution in [-0.4, -0.2) is 59.7 Å². The van der Waals surface area contributed by atoms with Crippen LogP contribution in [0.5, 0.6) is 5.75 Å². The molecule has 0 bridgehead atoms. The first-order chi connectivity index (χ1) is 16.8. The fourth-order valence-corrected chi connectivity index (χ4v) is 4.40. The van der Waals surface area contributed by atoms with Crippen LogP contribution in [0.15, 0.2) is 48.6 Å². The number of ether oxygens (including phenoxy) is 2. The van der Waals surface area contributed by atoms with Crippen LogP contribution in [0, 0.1) is 5.82 Å². The SMILES string of the molecule is COCCNC(=O)c1ccc(C2C(c3nc4cc(F)c(OC)cc4[nH]3)=CC=C[C@@H]2Cl)c(C(=O)O)c1. The van der Waals surface area contributed by atoms with Crippen LogP contribution < -0.4 is 10.1 Å². The molecule has 1 aliphatic rings. The van der Waals surface area contributed by atoms with Crippen molar-refractivity contribution in [3.63, 3.8) is 0 Å². The number of hydrogen-bond acceptors (Lipinski definition) is 5. The van der Waals surface area contributed by atoms with Gasteiger partial charge < -0.3 is 24.9 Å². The van der Waals surface area contributed by atoms with Gasteiger partial charge in [-0.25, -0.2) is 14.2 Å². The highest BCUT2D eigenvalue weighted by atomic mass is 35.5. The quantitative estimate of drug-likeness (QED) is 0.317. The highest BCUT2D eigenvalue weighted by molar-refractivity contribution is 6.23. The average molecular weight is 500 g/mol. The first kappa shape index (κ1) is 24.4. The highest BCUT2D eigenvalue weighted by Crippen LogP contribution is 2.41. The number of aromatic carboxylic acids is 1. The van der Waals surface area contributed by atoms with Crippen molar-refractivity contribution in [3.8, 4) is 5.75 Å². The maximum atomic E-state index is 14.2. The van der Waals surface area contributed by atoms with Crippen molar-refractivity contribution >= 4 is 40.1 Å². The van der Waals surface area contributed by atoms with Crippen LogP contribution in [0.2, 0.25) is 0 Å². The summed E-state index contributed by atoms with van der Waals surface area (Å²) in [6.07, 6.45) is 5.29. The van der Waals surface area contributed by atoms with Crippen LogP contribution in [0.4, 0.5) is 4.39 Å². The average Bonchev–Trinajstić information content (AvgIpc) is 3.25. The number of halogens is 2. The smallest absolute Gasteiger partial charge is 0.336 e. The zero-order chi connectivity index (χ0) is 25.1. The third kappa shape index (κ3) is 4.91. The third-order valence-corrected chi connectivity index (χ3v) is 6.12. The third-order valence-electron chi connectivity index (χ3n) is 5.73. The molecule has 0 aliphatic heterocycles. The summed E-state index contributed by atoms with van der Waals surface area (Å²) < 4.78 is 24.2. The summed E-state index contributed by atoms with van der Waals surface area (Å²) in [6.45, 7) is 0.625. The fraction of sp³-hybridized carbons (Fsp3) is 0.240. The highest BCUT2D eigenvalue weighted by Gasteiger charge is 2.32. The van der Waals surface area contributed by atoms with E-state index in [4.69, 9.17) is 21.1 Å². The summed E-state index contributed by atoms with van der Waals surface area (Å²) in [7, 11) is 2.89. The lowest BCUT2D eigenvalue weighted by Gasteiger charge is -2.26. The maximum Gasteiger partial charge on any atom is 0.336 e. The molecule has 1 amide bonds. The summed E-state index contributed by atoms with van der Waals surface area (Å²) in [5.41, 5.74) is 2.15. The normalized spacial score (nSPS) is 17.3. The topological polar surface area (TPSA) is 114 Å². The van der Waals surface area contributed by atoms with Gasteiger partial charge in [0.25, 0.3) is 5.91 Å². The molecule has 1 aliphatic carbocycles. The fourth-order valence-electron chi connectivity index (χ4n) is 4.04. The number of carbonyl (C=O) groups is 2. The molecule has 0 saturated carbocycles. The van der Waals surface area contributed by atoms with Gasteiger partial charge in [0.15, 0.2) is 11.6 Å². The van der Waals surface area contributed by atoms with E-state index in [9.17, 15) is 19.1 Å². The number of alkyl halides is 1. The van der Waals surface area contributed by atoms with E-state index in [1.807, 2.05) is 0 Å². The van der Waals surface area contributed by atoms with Crippen molar-refractivity contribution < 1.29 is 28.6 Å². The number of nitrogens with zero attached hydrogens (tertiary/aromatic N) is 1. The summed E-state index contributed by atoms with van der Waals surface area (Å²) in [4.78, 5) is 32.3. The number of hydrogen-bond donors (Lipinski definition) is 3. The molecule has 2 aromatic carbocycles. The second-order valence-corrected chi connectivity index (χ2v) is 8.38. The lowest BCUT2D eigenvalue weighted by atomic mass is 9.81. The molecule has 10 heteroatoms. The monoisotopic (exact) mass is 499 g/mol. The predicted molar refractivity (Wildman–Crippen MR) is 130 cm³/mol. The molecule has 8 nitrogen and oxygen atoms in total. The lowest BCUT2D eigenvalue weighted by Crippen LogP contribution is -2.27. The van der Waals surface area contributed by atoms with Gasteiger partial charge in [-0.05, 0) is 17.7 Å². The molecule has 4 rings (SSSR count). The number of imidazole rings is 1. The minimum atomic E-state index is -1.19. The van der Waals surface area contributed by atoms with E-state index in [-0.39, 0.29) is 16.9 Å². The van der Waals surface area contributed by atoms with Crippen LogP contribution in [-0.2, 0) is 4.74 Å². The van der Waals surface area contributed by atoms with Crippen molar-refractivity contribution in [2.24, 2.45) is 0 Å². The number of aromatic amines is 1. The van der Waals surface area contributed by atoms with Gasteiger partial charge in [-0.15, -0.1) is 11.6 Å². The maximum absolute atomic E-state index is 14.2. The molecule has 35 heavy (non-hydrogen) atoms. The number of H-pyrrole nitrogens is 1. The zero-order valence-corrected chi connectivity index (χ0v) is 19.7. The number of allylic oxidation sites excluding steroid dienone is 4. The number of carboxylic acid groups (broad SMARTS) is 1. The van der Waals surface area contributed by atoms with Gasteiger partial charge in [-0.1, -0.05) is 24.3 Å². The van der Waals surface area contributed by atoms with Crippen LogP contribution in [0.1, 0.15) is 38.0 Å². The van der Waals surface area contributed by atoms with Gasteiger partial charge in [-0.3, -0.25) is 4.79 Å². The van der Waals surface area contributed by atoms with Gasteiger partial charge in [-0.2, -0.15) is 0 Å². The molecule has 182 valence electrons. The Hall–Kier alpha value is -3.69. The van der Waals surface area contributed by atoms with Crippen molar-refractivity contribution in [2.75, 3.05) is 27.4 Å². The second-order valence-electron chi connectivity index (χ2n) is 7.87. The molecular weight excluding hydrogens is 477 g/mol. The Morgan fingerprint density at radius 3 is 2.77 bits per heavy atom. The number of carboxylic acids is 1. The Bertz CT molecular complexity index is 1350. The minimum Gasteiger partial charge on any atom is -0.494 e. The molecule has 0 saturated heterocycles. The molecule has 3 aromatic rings. The Morgan fingerprint density at radius 1 is 1.26 bits per heavy atom. The molecule has 1 unspecified atom stereocenters. The number of rotatable bonds is 8. The second kappa shape index (κ2) is 10.3. The van der Waals surface area contributed by atoms with Crippen molar-refractivity contribution in [3.05, 3.63) is 76.9 Å². The molecular formula is C25H23ClFN3O5. The molecule has 0 spiro atoms. The van der Waals surface area contributed by atoms with E-state index in [0.29, 0.717) is 41.1 Å². The zero-order valence-electron chi connectivity index (χ0n) is 19.0. The number of fused-ring (bicyclic) bond motifs is 1. The van der Waals surface area contributed by atoms with Crippen molar-refractivity contribution in [2.45, 2.75) is 11.3 Å².